The van der Waals surface area contributed by atoms with Gasteiger partial charge in [-0.25, -0.2) is 0 Å². The van der Waals surface area contributed by atoms with E-state index < -0.39 is 33.4 Å². The van der Waals surface area contributed by atoms with Crippen LogP contribution in [0.3, 0.4) is 0 Å². The molecule has 3 N–H and O–H groups in total. The van der Waals surface area contributed by atoms with Crippen molar-refractivity contribution in [2.24, 2.45) is 11.8 Å². The van der Waals surface area contributed by atoms with Crippen LogP contribution in [-0.2, 0) is 14.4 Å². The number of nitrogens with zero attached hydrogens (tertiary/aromatic N) is 1. The number of anilines is 2. The van der Waals surface area contributed by atoms with Gasteiger partial charge in [-0.3, -0.25) is 14.4 Å². The Hall–Kier alpha value is -2.75. The lowest BCUT2D eigenvalue weighted by molar-refractivity contribution is -0.141. The number of para-hydroxylation sites is 1. The van der Waals surface area contributed by atoms with Crippen LogP contribution in [-0.4, -0.2) is 62.5 Å². The maximum absolute atomic E-state index is 14.3. The lowest BCUT2D eigenvalue weighted by atomic mass is 9.66. The summed E-state index contributed by atoms with van der Waals surface area (Å²) >= 11 is 8.03. The SMILES string of the molecule is CCOc1ccc(NC(=O)[C@H]2[C@H]3C(=O)N([C@@H](CC)CO)C(C(=O)Nc4c(C)cccc4Cl)C34CC[C@]2(C)S4)cc1. The summed E-state index contributed by atoms with van der Waals surface area (Å²) in [6.45, 7) is 7.95. The number of nitrogens with one attached hydrogen (secondary N) is 2. The zero-order chi connectivity index (χ0) is 28.8. The number of rotatable bonds is 9. The van der Waals surface area contributed by atoms with Crippen molar-refractivity contribution in [2.45, 2.75) is 68.5 Å². The molecule has 0 saturated carbocycles. The van der Waals surface area contributed by atoms with Crippen LogP contribution >= 0.6 is 23.4 Å². The molecule has 3 aliphatic rings. The van der Waals surface area contributed by atoms with E-state index in [0.717, 1.165) is 5.56 Å². The van der Waals surface area contributed by atoms with Crippen molar-refractivity contribution in [2.75, 3.05) is 23.8 Å². The Kier molecular flexibility index (Phi) is 7.85. The van der Waals surface area contributed by atoms with Gasteiger partial charge in [0.25, 0.3) is 0 Å². The Morgan fingerprint density at radius 1 is 1.15 bits per heavy atom. The molecule has 2 aromatic rings. The molecule has 40 heavy (non-hydrogen) atoms. The van der Waals surface area contributed by atoms with Crippen LogP contribution in [0.1, 0.15) is 45.6 Å². The summed E-state index contributed by atoms with van der Waals surface area (Å²) in [6, 6.07) is 11.1. The van der Waals surface area contributed by atoms with Gasteiger partial charge in [0, 0.05) is 10.4 Å². The van der Waals surface area contributed by atoms with Crippen LogP contribution in [0.15, 0.2) is 42.5 Å². The second-order valence-electron chi connectivity index (χ2n) is 11.1. The summed E-state index contributed by atoms with van der Waals surface area (Å²) in [5, 5.41) is 16.7. The van der Waals surface area contributed by atoms with Crippen molar-refractivity contribution < 1.29 is 24.2 Å². The molecule has 6 atom stereocenters. The number of fused-ring (bicyclic) bond motifs is 1. The number of thioether (sulfide) groups is 1. The van der Waals surface area contributed by atoms with Gasteiger partial charge >= 0.3 is 0 Å². The number of amides is 3. The number of aliphatic hydroxyl groups is 1. The molecule has 2 unspecified atom stereocenters. The largest absolute Gasteiger partial charge is 0.494 e. The van der Waals surface area contributed by atoms with Gasteiger partial charge in [-0.2, -0.15) is 0 Å². The lowest BCUT2D eigenvalue weighted by Gasteiger charge is -2.36. The Labute approximate surface area is 244 Å². The maximum atomic E-state index is 14.3. The molecule has 10 heteroatoms. The molecule has 3 heterocycles. The molecular formula is C30H36ClN3O5S. The molecule has 0 aromatic heterocycles. The van der Waals surface area contributed by atoms with Gasteiger partial charge in [-0.1, -0.05) is 30.7 Å². The first-order valence-electron chi connectivity index (χ1n) is 13.8. The van der Waals surface area contributed by atoms with E-state index in [1.54, 1.807) is 47.0 Å². The number of likely N-dealkylation sites (tertiary alicyclic amines) is 1. The zero-order valence-corrected chi connectivity index (χ0v) is 24.8. The Morgan fingerprint density at radius 3 is 2.50 bits per heavy atom. The first-order chi connectivity index (χ1) is 19.1. The van der Waals surface area contributed by atoms with Crippen molar-refractivity contribution in [3.63, 3.8) is 0 Å². The van der Waals surface area contributed by atoms with Gasteiger partial charge in [0.05, 0.1) is 46.5 Å². The number of hydrogen-bond acceptors (Lipinski definition) is 6. The van der Waals surface area contributed by atoms with Crippen LogP contribution in [0.25, 0.3) is 0 Å². The molecular weight excluding hydrogens is 550 g/mol. The van der Waals surface area contributed by atoms with Crippen molar-refractivity contribution >= 4 is 52.5 Å². The number of aliphatic hydroxyl groups excluding tert-OH is 1. The second-order valence-corrected chi connectivity index (χ2v) is 13.4. The molecule has 214 valence electrons. The van der Waals surface area contributed by atoms with E-state index in [9.17, 15) is 19.5 Å². The van der Waals surface area contributed by atoms with Gasteiger partial charge in [0.15, 0.2) is 0 Å². The number of benzene rings is 2. The molecule has 3 aliphatic heterocycles. The van der Waals surface area contributed by atoms with Gasteiger partial charge in [-0.15, -0.1) is 11.8 Å². The summed E-state index contributed by atoms with van der Waals surface area (Å²) in [4.78, 5) is 43.8. The lowest BCUT2D eigenvalue weighted by Crippen LogP contribution is -2.54. The summed E-state index contributed by atoms with van der Waals surface area (Å²) in [7, 11) is 0. The maximum Gasteiger partial charge on any atom is 0.248 e. The molecule has 0 aliphatic carbocycles. The molecule has 3 fully saturated rings. The third-order valence-corrected chi connectivity index (χ3v) is 11.0. The minimum atomic E-state index is -0.854. The molecule has 3 amide bonds. The standard InChI is InChI=1S/C30H36ClN3O5S/c1-5-19(16-35)34-25(27(37)33-24-17(3)8-7-9-21(24)31)30-15-14-29(4,40-30)22(23(30)28(34)38)26(36)32-18-10-12-20(13-11-18)39-6-2/h7-13,19,22-23,25,35H,5-6,14-16H2,1-4H3,(H,32,36)(H,33,37)/t19-,22+,23-,25?,29-,30?/m0/s1. The minimum absolute atomic E-state index is 0.237. The fourth-order valence-electron chi connectivity index (χ4n) is 6.87. The Bertz CT molecular complexity index is 1300. The quantitative estimate of drug-likeness (QED) is 0.387. The third kappa shape index (κ3) is 4.56. The van der Waals surface area contributed by atoms with Crippen molar-refractivity contribution in [3.05, 3.63) is 53.1 Å². The van der Waals surface area contributed by atoms with Crippen molar-refractivity contribution in [1.82, 2.24) is 4.90 Å². The van der Waals surface area contributed by atoms with Crippen LogP contribution in [0.5, 0.6) is 5.75 Å². The zero-order valence-electron chi connectivity index (χ0n) is 23.2. The highest BCUT2D eigenvalue weighted by molar-refractivity contribution is 8.02. The average Bonchev–Trinajstić information content (AvgIpc) is 3.49. The Morgan fingerprint density at radius 2 is 1.88 bits per heavy atom. The number of carbonyl (C=O) groups excluding carboxylic acids is 3. The van der Waals surface area contributed by atoms with Gasteiger partial charge in [-0.05, 0) is 75.9 Å². The van der Waals surface area contributed by atoms with E-state index in [4.69, 9.17) is 16.3 Å². The van der Waals surface area contributed by atoms with E-state index >= 15 is 0 Å². The molecule has 1 spiro atoms. The number of halogens is 1. The van der Waals surface area contributed by atoms with Crippen molar-refractivity contribution in [1.29, 1.82) is 0 Å². The molecule has 2 aromatic carbocycles. The summed E-state index contributed by atoms with van der Waals surface area (Å²) in [5.41, 5.74) is 1.93. The van der Waals surface area contributed by atoms with Gasteiger partial charge in [0.1, 0.15) is 11.8 Å². The van der Waals surface area contributed by atoms with E-state index in [1.807, 2.05) is 39.8 Å². The smallest absolute Gasteiger partial charge is 0.248 e. The predicted octanol–water partition coefficient (Wildman–Crippen LogP) is 4.88. The first kappa shape index (κ1) is 28.8. The minimum Gasteiger partial charge on any atom is -0.494 e. The third-order valence-electron chi connectivity index (χ3n) is 8.72. The summed E-state index contributed by atoms with van der Waals surface area (Å²) in [5.74, 6) is -1.45. The van der Waals surface area contributed by atoms with E-state index in [1.165, 1.54) is 0 Å². The fraction of sp³-hybridized carbons (Fsp3) is 0.500. The number of carbonyl (C=O) groups is 3. The van der Waals surface area contributed by atoms with Crippen molar-refractivity contribution in [3.8, 4) is 5.75 Å². The van der Waals surface area contributed by atoms with E-state index in [0.29, 0.717) is 48.0 Å². The topological polar surface area (TPSA) is 108 Å². The summed E-state index contributed by atoms with van der Waals surface area (Å²) in [6.07, 6.45) is 1.79. The second kappa shape index (κ2) is 10.9. The normalized spacial score (nSPS) is 29.3. The monoisotopic (exact) mass is 585 g/mol. The van der Waals surface area contributed by atoms with E-state index in [-0.39, 0.29) is 24.3 Å². The number of hydrogen-bond donors (Lipinski definition) is 3. The van der Waals surface area contributed by atoms with E-state index in [2.05, 4.69) is 10.6 Å². The van der Waals surface area contributed by atoms with Crippen LogP contribution < -0.4 is 15.4 Å². The number of aryl methyl sites for hydroxylation is 1. The highest BCUT2D eigenvalue weighted by Gasteiger charge is 2.77. The predicted molar refractivity (Wildman–Crippen MR) is 158 cm³/mol. The Balaban J connectivity index is 1.50. The van der Waals surface area contributed by atoms with Gasteiger partial charge in [0.2, 0.25) is 17.7 Å². The average molecular weight is 586 g/mol. The van der Waals surface area contributed by atoms with Crippen LogP contribution in [0.2, 0.25) is 5.02 Å². The summed E-state index contributed by atoms with van der Waals surface area (Å²) < 4.78 is 4.20. The fourth-order valence-corrected chi connectivity index (χ4v) is 9.49. The van der Waals surface area contributed by atoms with Crippen LogP contribution in [0, 0.1) is 18.8 Å². The molecule has 2 bridgehead atoms. The highest BCUT2D eigenvalue weighted by atomic mass is 35.5. The van der Waals surface area contributed by atoms with Gasteiger partial charge < -0.3 is 25.4 Å². The van der Waals surface area contributed by atoms with Crippen LogP contribution in [0.4, 0.5) is 11.4 Å². The molecule has 3 saturated heterocycles. The molecule has 8 nitrogen and oxygen atoms in total. The first-order valence-corrected chi connectivity index (χ1v) is 15.0. The highest BCUT2D eigenvalue weighted by Crippen LogP contribution is 2.71. The molecule has 5 rings (SSSR count). The molecule has 0 radical (unpaired) electrons. The number of ether oxygens (including phenoxy) is 1.